The van der Waals surface area contributed by atoms with Crippen molar-refractivity contribution in [2.45, 2.75) is 72.1 Å². The topological polar surface area (TPSA) is 26.3 Å². The maximum absolute atomic E-state index is 11.4. The average Bonchev–Trinajstić information content (AvgIpc) is 2.30. The van der Waals surface area contributed by atoms with E-state index in [-0.39, 0.29) is 32.2 Å². The number of hydrogen-bond acceptors (Lipinski definition) is 2. The maximum atomic E-state index is 11.4. The molecule has 0 saturated heterocycles. The van der Waals surface area contributed by atoms with Gasteiger partial charge in [0.2, 0.25) is 0 Å². The maximum Gasteiger partial charge on any atom is 0.305 e. The van der Waals surface area contributed by atoms with Crippen molar-refractivity contribution in [3.63, 3.8) is 0 Å². The van der Waals surface area contributed by atoms with Gasteiger partial charge in [0.25, 0.3) is 0 Å². The van der Waals surface area contributed by atoms with Gasteiger partial charge in [-0.3, -0.25) is 4.79 Å². The third kappa shape index (κ3) is 12.6. The molecule has 0 amide bonds. The number of carbonyl (C=O) groups is 1. The van der Waals surface area contributed by atoms with Crippen molar-refractivity contribution in [1.82, 2.24) is 0 Å². The van der Waals surface area contributed by atoms with Crippen LogP contribution in [0.15, 0.2) is 0 Å². The fourth-order valence-electron chi connectivity index (χ4n) is 1.70. The van der Waals surface area contributed by atoms with Crippen LogP contribution in [0.1, 0.15) is 72.1 Å². The first-order valence-corrected chi connectivity index (χ1v) is 6.90. The summed E-state index contributed by atoms with van der Waals surface area (Å²) in [6, 6.07) is 0. The standard InChI is InChI=1S/C14H28O2.Zr/c1-4-7-9-11-14(15)16-12-13(6-3)10-8-5-2;/h13H,4-12H2,1-3H3;. The summed E-state index contributed by atoms with van der Waals surface area (Å²) < 4.78 is 5.30. The Hall–Kier alpha value is 0.353. The molecule has 1 unspecified atom stereocenters. The van der Waals surface area contributed by atoms with Gasteiger partial charge in [0.1, 0.15) is 0 Å². The van der Waals surface area contributed by atoms with E-state index in [9.17, 15) is 4.79 Å². The van der Waals surface area contributed by atoms with Crippen molar-refractivity contribution < 1.29 is 35.7 Å². The van der Waals surface area contributed by atoms with E-state index in [1.54, 1.807) is 0 Å². The summed E-state index contributed by atoms with van der Waals surface area (Å²) in [6.45, 7) is 7.14. The van der Waals surface area contributed by atoms with Gasteiger partial charge in [0.15, 0.2) is 0 Å². The molecule has 0 aromatic heterocycles. The quantitative estimate of drug-likeness (QED) is 0.443. The number of carbonyl (C=O) groups excluding carboxylic acids is 1. The summed E-state index contributed by atoms with van der Waals surface area (Å²) in [5.74, 6) is 0.554. The second kappa shape index (κ2) is 14.4. The van der Waals surface area contributed by atoms with Crippen molar-refractivity contribution in [3.8, 4) is 0 Å². The first kappa shape index (κ1) is 19.7. The SMILES string of the molecule is CCCCCC(=O)OCC(CC)CCCC.[Zr]. The van der Waals surface area contributed by atoms with Crippen molar-refractivity contribution in [2.24, 2.45) is 5.92 Å². The van der Waals surface area contributed by atoms with E-state index in [0.717, 1.165) is 25.7 Å². The molecule has 0 spiro atoms. The van der Waals surface area contributed by atoms with Crippen molar-refractivity contribution in [1.29, 1.82) is 0 Å². The molecule has 0 aliphatic heterocycles. The Labute approximate surface area is 126 Å². The van der Waals surface area contributed by atoms with Gasteiger partial charge in [-0.15, -0.1) is 0 Å². The fraction of sp³-hybridized carbons (Fsp3) is 0.929. The third-order valence-electron chi connectivity index (χ3n) is 3.01. The van der Waals surface area contributed by atoms with Crippen LogP contribution in [0.3, 0.4) is 0 Å². The zero-order valence-electron chi connectivity index (χ0n) is 11.8. The summed E-state index contributed by atoms with van der Waals surface area (Å²) in [6.07, 6.45) is 8.62. The Morgan fingerprint density at radius 2 is 1.71 bits per heavy atom. The molecule has 1 atom stereocenters. The van der Waals surface area contributed by atoms with Crippen LogP contribution in [-0.4, -0.2) is 12.6 Å². The number of rotatable bonds is 10. The number of esters is 1. The second-order valence-electron chi connectivity index (χ2n) is 4.56. The molecule has 0 aliphatic carbocycles. The molecule has 0 saturated carbocycles. The van der Waals surface area contributed by atoms with Gasteiger partial charge in [-0.2, -0.15) is 0 Å². The van der Waals surface area contributed by atoms with Gasteiger partial charge < -0.3 is 4.74 Å². The minimum absolute atomic E-state index is 0. The van der Waals surface area contributed by atoms with Crippen LogP contribution in [-0.2, 0) is 35.7 Å². The van der Waals surface area contributed by atoms with E-state index in [0.29, 0.717) is 18.9 Å². The van der Waals surface area contributed by atoms with E-state index < -0.39 is 0 Å². The van der Waals surface area contributed by atoms with Gasteiger partial charge in [-0.1, -0.05) is 52.9 Å². The molecule has 0 radical (unpaired) electrons. The normalized spacial score (nSPS) is 11.7. The molecule has 0 N–H and O–H groups in total. The van der Waals surface area contributed by atoms with Crippen LogP contribution in [0.2, 0.25) is 0 Å². The fourth-order valence-corrected chi connectivity index (χ4v) is 1.70. The molecule has 0 heterocycles. The van der Waals surface area contributed by atoms with Gasteiger partial charge in [0, 0.05) is 32.6 Å². The zero-order chi connectivity index (χ0) is 12.2. The van der Waals surface area contributed by atoms with Gasteiger partial charge in [0.05, 0.1) is 6.61 Å². The van der Waals surface area contributed by atoms with Crippen LogP contribution in [0, 0.1) is 5.92 Å². The minimum Gasteiger partial charge on any atom is -0.465 e. The van der Waals surface area contributed by atoms with Gasteiger partial charge in [-0.05, 0) is 18.8 Å². The van der Waals surface area contributed by atoms with Gasteiger partial charge in [-0.25, -0.2) is 0 Å². The first-order chi connectivity index (χ1) is 7.74. The van der Waals surface area contributed by atoms with Crippen LogP contribution in [0.5, 0.6) is 0 Å². The Bertz CT molecular complexity index is 172. The smallest absolute Gasteiger partial charge is 0.305 e. The van der Waals surface area contributed by atoms with Crippen molar-refractivity contribution in [3.05, 3.63) is 0 Å². The van der Waals surface area contributed by atoms with E-state index in [2.05, 4.69) is 20.8 Å². The monoisotopic (exact) mass is 318 g/mol. The molecular weight excluding hydrogens is 291 g/mol. The van der Waals surface area contributed by atoms with Crippen LogP contribution in [0.4, 0.5) is 0 Å². The molecular formula is C14H28O2Zr. The van der Waals surface area contributed by atoms with E-state index >= 15 is 0 Å². The summed E-state index contributed by atoms with van der Waals surface area (Å²) in [4.78, 5) is 11.4. The van der Waals surface area contributed by atoms with Crippen molar-refractivity contribution in [2.75, 3.05) is 6.61 Å². The largest absolute Gasteiger partial charge is 0.465 e. The van der Waals surface area contributed by atoms with Crippen LogP contribution in [0.25, 0.3) is 0 Å². The average molecular weight is 320 g/mol. The number of ether oxygens (including phenoxy) is 1. The molecule has 0 aliphatic rings. The molecule has 0 aromatic carbocycles. The molecule has 0 rings (SSSR count). The molecule has 3 heteroatoms. The molecule has 0 fully saturated rings. The van der Waals surface area contributed by atoms with Crippen LogP contribution < -0.4 is 0 Å². The zero-order valence-corrected chi connectivity index (χ0v) is 14.2. The second-order valence-corrected chi connectivity index (χ2v) is 4.56. The van der Waals surface area contributed by atoms with Gasteiger partial charge >= 0.3 is 5.97 Å². The molecule has 0 bridgehead atoms. The predicted molar refractivity (Wildman–Crippen MR) is 68.4 cm³/mol. The molecule has 2 nitrogen and oxygen atoms in total. The summed E-state index contributed by atoms with van der Waals surface area (Å²) in [5.41, 5.74) is 0. The Morgan fingerprint density at radius 3 is 2.24 bits per heavy atom. The first-order valence-electron chi connectivity index (χ1n) is 6.90. The summed E-state index contributed by atoms with van der Waals surface area (Å²) >= 11 is 0. The molecule has 100 valence electrons. The summed E-state index contributed by atoms with van der Waals surface area (Å²) in [5, 5.41) is 0. The predicted octanol–water partition coefficient (Wildman–Crippen LogP) is 4.32. The Balaban J connectivity index is 0. The third-order valence-corrected chi connectivity index (χ3v) is 3.01. The molecule has 17 heavy (non-hydrogen) atoms. The Kier molecular flexibility index (Phi) is 16.7. The van der Waals surface area contributed by atoms with Crippen LogP contribution >= 0.6 is 0 Å². The Morgan fingerprint density at radius 1 is 1.06 bits per heavy atom. The minimum atomic E-state index is -0.0107. The summed E-state index contributed by atoms with van der Waals surface area (Å²) in [7, 11) is 0. The van der Waals surface area contributed by atoms with E-state index in [1.807, 2.05) is 0 Å². The van der Waals surface area contributed by atoms with E-state index in [4.69, 9.17) is 4.74 Å². The van der Waals surface area contributed by atoms with Crippen molar-refractivity contribution >= 4 is 5.97 Å². The van der Waals surface area contributed by atoms with E-state index in [1.165, 1.54) is 19.3 Å². The number of unbranched alkanes of at least 4 members (excludes halogenated alkanes) is 3. The number of hydrogen-bond donors (Lipinski definition) is 0. The molecule has 0 aromatic rings.